The summed E-state index contributed by atoms with van der Waals surface area (Å²) in [6.45, 7) is 0. The highest BCUT2D eigenvalue weighted by atomic mass is 79.9. The van der Waals surface area contributed by atoms with Gasteiger partial charge in [-0.3, -0.25) is 4.99 Å². The molecular formula is C14H10BrN. The molecule has 2 aromatic carbocycles. The largest absolute Gasteiger partial charge is 0.256 e. The second kappa shape index (κ2) is 3.87. The van der Waals surface area contributed by atoms with E-state index in [1.165, 1.54) is 16.7 Å². The van der Waals surface area contributed by atoms with Crippen LogP contribution >= 0.6 is 15.9 Å². The zero-order valence-electron chi connectivity index (χ0n) is 8.65. The number of benzene rings is 2. The first-order valence-electron chi connectivity index (χ1n) is 5.23. The van der Waals surface area contributed by atoms with Crippen molar-refractivity contribution < 1.29 is 0 Å². The molecule has 1 nitrogen and oxygen atoms in total. The molecule has 2 heteroatoms. The summed E-state index contributed by atoms with van der Waals surface area (Å²) in [5.41, 5.74) is 4.90. The molecule has 0 bridgehead atoms. The lowest BCUT2D eigenvalue weighted by atomic mass is 10.0. The third-order valence-electron chi connectivity index (χ3n) is 2.82. The van der Waals surface area contributed by atoms with Gasteiger partial charge in [-0.15, -0.1) is 0 Å². The highest BCUT2D eigenvalue weighted by Gasteiger charge is 2.09. The van der Waals surface area contributed by atoms with E-state index >= 15 is 0 Å². The van der Waals surface area contributed by atoms with Gasteiger partial charge in [0.05, 0.1) is 5.69 Å². The standard InChI is InChI=1S/C14H10BrN/c15-13-5-6-14-12(8-13)7-10-3-1-2-4-11(10)9-16-14/h1-6,8-9H,7H2. The fourth-order valence-corrected chi connectivity index (χ4v) is 2.40. The Hall–Kier alpha value is -1.41. The summed E-state index contributed by atoms with van der Waals surface area (Å²) in [7, 11) is 0. The fraction of sp³-hybridized carbons (Fsp3) is 0.0714. The molecule has 16 heavy (non-hydrogen) atoms. The van der Waals surface area contributed by atoms with Gasteiger partial charge in [0.1, 0.15) is 0 Å². The van der Waals surface area contributed by atoms with Gasteiger partial charge in [-0.1, -0.05) is 40.2 Å². The number of hydrogen-bond acceptors (Lipinski definition) is 1. The molecule has 0 saturated carbocycles. The van der Waals surface area contributed by atoms with E-state index in [4.69, 9.17) is 0 Å². The highest BCUT2D eigenvalue weighted by Crippen LogP contribution is 2.28. The summed E-state index contributed by atoms with van der Waals surface area (Å²) in [6, 6.07) is 14.6. The first-order chi connectivity index (χ1) is 7.83. The van der Waals surface area contributed by atoms with E-state index in [0.29, 0.717) is 0 Å². The summed E-state index contributed by atoms with van der Waals surface area (Å²) >= 11 is 3.50. The third kappa shape index (κ3) is 1.69. The van der Waals surface area contributed by atoms with Crippen molar-refractivity contribution in [1.82, 2.24) is 0 Å². The predicted octanol–water partition coefficient (Wildman–Crippen LogP) is 4.10. The summed E-state index contributed by atoms with van der Waals surface area (Å²) in [5.74, 6) is 0. The van der Waals surface area contributed by atoms with Crippen molar-refractivity contribution in [3.8, 4) is 0 Å². The van der Waals surface area contributed by atoms with Crippen molar-refractivity contribution >= 4 is 27.8 Å². The average molecular weight is 272 g/mol. The average Bonchev–Trinajstić information content (AvgIpc) is 2.47. The molecule has 0 saturated heterocycles. The second-order valence-corrected chi connectivity index (χ2v) is 4.82. The maximum atomic E-state index is 4.52. The van der Waals surface area contributed by atoms with Gasteiger partial charge in [0.2, 0.25) is 0 Å². The van der Waals surface area contributed by atoms with Crippen molar-refractivity contribution in [3.63, 3.8) is 0 Å². The minimum atomic E-state index is 0.949. The summed E-state index contributed by atoms with van der Waals surface area (Å²) < 4.78 is 1.11. The molecule has 0 aromatic heterocycles. The molecule has 0 fully saturated rings. The van der Waals surface area contributed by atoms with Crippen LogP contribution in [0.1, 0.15) is 16.7 Å². The smallest absolute Gasteiger partial charge is 0.0666 e. The number of nitrogens with zero attached hydrogens (tertiary/aromatic N) is 1. The van der Waals surface area contributed by atoms with Gasteiger partial charge in [-0.25, -0.2) is 0 Å². The molecular weight excluding hydrogens is 262 g/mol. The Morgan fingerprint density at radius 3 is 2.81 bits per heavy atom. The molecule has 78 valence electrons. The van der Waals surface area contributed by atoms with Crippen molar-refractivity contribution in [2.75, 3.05) is 0 Å². The van der Waals surface area contributed by atoms with Crippen LogP contribution in [0.4, 0.5) is 5.69 Å². The van der Waals surface area contributed by atoms with Gasteiger partial charge < -0.3 is 0 Å². The molecule has 0 unspecified atom stereocenters. The Kier molecular flexibility index (Phi) is 2.37. The lowest BCUT2D eigenvalue weighted by molar-refractivity contribution is 1.19. The molecule has 0 aliphatic carbocycles. The minimum Gasteiger partial charge on any atom is -0.256 e. The number of fused-ring (bicyclic) bond motifs is 2. The van der Waals surface area contributed by atoms with Crippen LogP contribution in [0, 0.1) is 0 Å². The van der Waals surface area contributed by atoms with E-state index in [-0.39, 0.29) is 0 Å². The lowest BCUT2D eigenvalue weighted by Crippen LogP contribution is -1.91. The first kappa shape index (κ1) is 9.79. The Labute approximate surface area is 103 Å². The van der Waals surface area contributed by atoms with E-state index in [2.05, 4.69) is 57.3 Å². The second-order valence-electron chi connectivity index (χ2n) is 3.91. The van der Waals surface area contributed by atoms with Gasteiger partial charge in [0.15, 0.2) is 0 Å². The maximum absolute atomic E-state index is 4.52. The lowest BCUT2D eigenvalue weighted by Gasteiger charge is -2.05. The maximum Gasteiger partial charge on any atom is 0.0666 e. The van der Waals surface area contributed by atoms with Gasteiger partial charge in [0.25, 0.3) is 0 Å². The summed E-state index contributed by atoms with van der Waals surface area (Å²) in [4.78, 5) is 4.52. The van der Waals surface area contributed by atoms with E-state index in [0.717, 1.165) is 16.6 Å². The quantitative estimate of drug-likeness (QED) is 0.584. The monoisotopic (exact) mass is 271 g/mol. The molecule has 0 spiro atoms. The highest BCUT2D eigenvalue weighted by molar-refractivity contribution is 9.10. The first-order valence-corrected chi connectivity index (χ1v) is 6.02. The SMILES string of the molecule is Brc1ccc2c(c1)Cc1ccccc1C=N2. The zero-order valence-corrected chi connectivity index (χ0v) is 10.2. The van der Waals surface area contributed by atoms with Crippen LogP contribution in [0.15, 0.2) is 51.9 Å². The third-order valence-corrected chi connectivity index (χ3v) is 3.31. The van der Waals surface area contributed by atoms with Gasteiger partial charge in [-0.05, 0) is 34.9 Å². The number of halogens is 1. The van der Waals surface area contributed by atoms with Crippen molar-refractivity contribution in [2.24, 2.45) is 4.99 Å². The van der Waals surface area contributed by atoms with Crippen LogP contribution < -0.4 is 0 Å². The van der Waals surface area contributed by atoms with Crippen molar-refractivity contribution in [1.29, 1.82) is 0 Å². The van der Waals surface area contributed by atoms with E-state index in [1.54, 1.807) is 0 Å². The summed E-state index contributed by atoms with van der Waals surface area (Å²) in [6.07, 6.45) is 2.90. The van der Waals surface area contributed by atoms with Crippen LogP contribution in [0.5, 0.6) is 0 Å². The van der Waals surface area contributed by atoms with Crippen LogP contribution in [0.2, 0.25) is 0 Å². The number of hydrogen-bond donors (Lipinski definition) is 0. The van der Waals surface area contributed by atoms with Crippen LogP contribution in [0.25, 0.3) is 0 Å². The zero-order chi connectivity index (χ0) is 11.0. The van der Waals surface area contributed by atoms with E-state index in [9.17, 15) is 0 Å². The fourth-order valence-electron chi connectivity index (χ4n) is 1.99. The van der Waals surface area contributed by atoms with E-state index in [1.807, 2.05) is 12.3 Å². The molecule has 2 aromatic rings. The van der Waals surface area contributed by atoms with Gasteiger partial charge in [-0.2, -0.15) is 0 Å². The Morgan fingerprint density at radius 1 is 1.00 bits per heavy atom. The molecule has 1 aliphatic rings. The van der Waals surface area contributed by atoms with Crippen molar-refractivity contribution in [2.45, 2.75) is 6.42 Å². The Bertz CT molecular complexity index is 573. The molecule has 1 heterocycles. The normalized spacial score (nSPS) is 12.8. The van der Waals surface area contributed by atoms with Gasteiger partial charge >= 0.3 is 0 Å². The number of rotatable bonds is 0. The minimum absolute atomic E-state index is 0.949. The molecule has 0 atom stereocenters. The van der Waals surface area contributed by atoms with Gasteiger partial charge in [0, 0.05) is 17.1 Å². The van der Waals surface area contributed by atoms with E-state index < -0.39 is 0 Å². The molecule has 0 radical (unpaired) electrons. The van der Waals surface area contributed by atoms with Crippen molar-refractivity contribution in [3.05, 3.63) is 63.6 Å². The van der Waals surface area contributed by atoms with Crippen LogP contribution in [-0.2, 0) is 6.42 Å². The molecule has 3 rings (SSSR count). The van der Waals surface area contributed by atoms with Crippen LogP contribution in [-0.4, -0.2) is 6.21 Å². The summed E-state index contributed by atoms with van der Waals surface area (Å²) in [5, 5.41) is 0. The number of aliphatic imine (C=N–C) groups is 1. The van der Waals surface area contributed by atoms with Crippen LogP contribution in [0.3, 0.4) is 0 Å². The molecule has 0 N–H and O–H groups in total. The molecule has 1 aliphatic heterocycles. The topological polar surface area (TPSA) is 12.4 Å². The Balaban J connectivity index is 2.18. The predicted molar refractivity (Wildman–Crippen MR) is 70.6 cm³/mol. The Morgan fingerprint density at radius 2 is 1.88 bits per heavy atom. The molecule has 0 amide bonds.